The van der Waals surface area contributed by atoms with E-state index in [9.17, 15) is 8.42 Å². The van der Waals surface area contributed by atoms with Crippen molar-refractivity contribution in [2.24, 2.45) is 7.05 Å². The lowest BCUT2D eigenvalue weighted by molar-refractivity contribution is 0.581. The van der Waals surface area contributed by atoms with E-state index in [4.69, 9.17) is 0 Å². The van der Waals surface area contributed by atoms with Crippen molar-refractivity contribution in [2.45, 2.75) is 44.6 Å². The number of rotatable bonds is 7. The maximum absolute atomic E-state index is 12.3. The predicted octanol–water partition coefficient (Wildman–Crippen LogP) is 2.55. The molecule has 22 heavy (non-hydrogen) atoms. The molecule has 0 fully saturated rings. The van der Waals surface area contributed by atoms with Gasteiger partial charge in [0.2, 0.25) is 10.0 Å². The summed E-state index contributed by atoms with van der Waals surface area (Å²) in [6.07, 6.45) is 4.92. The standard InChI is InChI=1S/C16H23N3O2S/c1-4-5-6-14-7-9-16(10-8-14)22(20,21)18-12-15-11-17-19(3)13(15)2/h7-11,18H,4-6,12H2,1-3H3. The number of aryl methyl sites for hydroxylation is 2. The van der Waals surface area contributed by atoms with Gasteiger partial charge in [-0.25, -0.2) is 13.1 Å². The van der Waals surface area contributed by atoms with Crippen LogP contribution in [0.2, 0.25) is 0 Å². The molecule has 0 radical (unpaired) electrons. The van der Waals surface area contributed by atoms with Crippen LogP contribution in [0.4, 0.5) is 0 Å². The quantitative estimate of drug-likeness (QED) is 0.852. The van der Waals surface area contributed by atoms with Crippen LogP contribution < -0.4 is 4.72 Å². The summed E-state index contributed by atoms with van der Waals surface area (Å²) < 4.78 is 29.0. The van der Waals surface area contributed by atoms with Crippen LogP contribution in [0.3, 0.4) is 0 Å². The third-order valence-corrected chi connectivity index (χ3v) is 5.26. The molecule has 1 aromatic heterocycles. The van der Waals surface area contributed by atoms with Gasteiger partial charge in [0.1, 0.15) is 0 Å². The van der Waals surface area contributed by atoms with Crippen molar-refractivity contribution in [1.29, 1.82) is 0 Å². The number of aromatic nitrogens is 2. The van der Waals surface area contributed by atoms with E-state index in [1.54, 1.807) is 23.0 Å². The maximum atomic E-state index is 12.3. The first kappa shape index (κ1) is 16.7. The summed E-state index contributed by atoms with van der Waals surface area (Å²) in [5.74, 6) is 0. The molecule has 0 saturated carbocycles. The predicted molar refractivity (Wildman–Crippen MR) is 87.0 cm³/mol. The SMILES string of the molecule is CCCCc1ccc(S(=O)(=O)NCc2cnn(C)c2C)cc1. The smallest absolute Gasteiger partial charge is 0.240 e. The molecule has 2 aromatic rings. The number of benzene rings is 1. The van der Waals surface area contributed by atoms with Crippen molar-refractivity contribution in [3.05, 3.63) is 47.3 Å². The molecular formula is C16H23N3O2S. The Morgan fingerprint density at radius 3 is 2.45 bits per heavy atom. The van der Waals surface area contributed by atoms with Crippen molar-refractivity contribution < 1.29 is 8.42 Å². The van der Waals surface area contributed by atoms with Gasteiger partial charge in [-0.1, -0.05) is 25.5 Å². The Morgan fingerprint density at radius 2 is 1.91 bits per heavy atom. The fourth-order valence-electron chi connectivity index (χ4n) is 2.19. The Labute approximate surface area is 132 Å². The van der Waals surface area contributed by atoms with E-state index in [0.29, 0.717) is 4.90 Å². The number of nitrogens with zero attached hydrogens (tertiary/aromatic N) is 2. The highest BCUT2D eigenvalue weighted by Gasteiger charge is 2.15. The van der Waals surface area contributed by atoms with Crippen molar-refractivity contribution in [3.63, 3.8) is 0 Å². The van der Waals surface area contributed by atoms with Gasteiger partial charge in [-0.2, -0.15) is 5.10 Å². The van der Waals surface area contributed by atoms with Gasteiger partial charge in [0.25, 0.3) is 0 Å². The van der Waals surface area contributed by atoms with Crippen LogP contribution in [0, 0.1) is 6.92 Å². The molecule has 1 heterocycles. The minimum atomic E-state index is -3.49. The molecule has 0 unspecified atom stereocenters. The van der Waals surface area contributed by atoms with E-state index in [0.717, 1.165) is 30.5 Å². The van der Waals surface area contributed by atoms with Crippen LogP contribution in [0.5, 0.6) is 0 Å². The summed E-state index contributed by atoms with van der Waals surface area (Å²) >= 11 is 0. The van der Waals surface area contributed by atoms with Gasteiger partial charge in [0.05, 0.1) is 11.1 Å². The van der Waals surface area contributed by atoms with Crippen LogP contribution in [0.1, 0.15) is 36.6 Å². The molecule has 0 aliphatic rings. The first-order valence-corrected chi connectivity index (χ1v) is 8.98. The zero-order valence-electron chi connectivity index (χ0n) is 13.3. The Hall–Kier alpha value is -1.66. The minimum Gasteiger partial charge on any atom is -0.273 e. The molecule has 0 atom stereocenters. The molecule has 0 amide bonds. The molecule has 0 bridgehead atoms. The molecule has 2 rings (SSSR count). The van der Waals surface area contributed by atoms with Gasteiger partial charge in [-0.05, 0) is 37.5 Å². The zero-order chi connectivity index (χ0) is 16.2. The normalized spacial score (nSPS) is 11.8. The molecule has 0 aliphatic carbocycles. The largest absolute Gasteiger partial charge is 0.273 e. The fourth-order valence-corrected chi connectivity index (χ4v) is 3.20. The Morgan fingerprint density at radius 1 is 1.23 bits per heavy atom. The second-order valence-electron chi connectivity index (χ2n) is 5.45. The van der Waals surface area contributed by atoms with Gasteiger partial charge in [0.15, 0.2) is 0 Å². The second-order valence-corrected chi connectivity index (χ2v) is 7.22. The summed E-state index contributed by atoms with van der Waals surface area (Å²) in [4.78, 5) is 0.300. The molecule has 6 heteroatoms. The first-order chi connectivity index (χ1) is 10.4. The molecule has 5 nitrogen and oxygen atoms in total. The molecule has 120 valence electrons. The van der Waals surface area contributed by atoms with E-state index < -0.39 is 10.0 Å². The highest BCUT2D eigenvalue weighted by molar-refractivity contribution is 7.89. The second kappa shape index (κ2) is 7.07. The van der Waals surface area contributed by atoms with Gasteiger partial charge in [-0.3, -0.25) is 4.68 Å². The third-order valence-electron chi connectivity index (χ3n) is 3.84. The van der Waals surface area contributed by atoms with Crippen molar-refractivity contribution in [3.8, 4) is 0 Å². The molecule has 0 aliphatic heterocycles. The number of hydrogen-bond acceptors (Lipinski definition) is 3. The summed E-state index contributed by atoms with van der Waals surface area (Å²) in [5, 5.41) is 4.11. The minimum absolute atomic E-state index is 0.250. The molecule has 0 spiro atoms. The van der Waals surface area contributed by atoms with E-state index in [1.165, 1.54) is 5.56 Å². The number of sulfonamides is 1. The van der Waals surface area contributed by atoms with Gasteiger partial charge in [0, 0.05) is 24.8 Å². The van der Waals surface area contributed by atoms with Crippen LogP contribution >= 0.6 is 0 Å². The van der Waals surface area contributed by atoms with Crippen molar-refractivity contribution >= 4 is 10.0 Å². The number of hydrogen-bond donors (Lipinski definition) is 1. The third kappa shape index (κ3) is 3.96. The van der Waals surface area contributed by atoms with E-state index in [-0.39, 0.29) is 6.54 Å². The molecule has 0 saturated heterocycles. The first-order valence-electron chi connectivity index (χ1n) is 7.50. The van der Waals surface area contributed by atoms with Crippen LogP contribution in [-0.4, -0.2) is 18.2 Å². The van der Waals surface area contributed by atoms with Crippen LogP contribution in [0.25, 0.3) is 0 Å². The topological polar surface area (TPSA) is 64.0 Å². The van der Waals surface area contributed by atoms with E-state index in [1.807, 2.05) is 26.1 Å². The van der Waals surface area contributed by atoms with E-state index in [2.05, 4.69) is 16.7 Å². The summed E-state index contributed by atoms with van der Waals surface area (Å²) in [6.45, 7) is 4.31. The molecule has 1 aromatic carbocycles. The average Bonchev–Trinajstić information content (AvgIpc) is 2.83. The van der Waals surface area contributed by atoms with Gasteiger partial charge >= 0.3 is 0 Å². The van der Waals surface area contributed by atoms with Crippen molar-refractivity contribution in [2.75, 3.05) is 0 Å². The van der Waals surface area contributed by atoms with Gasteiger partial charge < -0.3 is 0 Å². The van der Waals surface area contributed by atoms with Gasteiger partial charge in [-0.15, -0.1) is 0 Å². The fraction of sp³-hybridized carbons (Fsp3) is 0.438. The summed E-state index contributed by atoms with van der Waals surface area (Å²) in [6, 6.07) is 7.12. The highest BCUT2D eigenvalue weighted by Crippen LogP contribution is 2.13. The highest BCUT2D eigenvalue weighted by atomic mass is 32.2. The lowest BCUT2D eigenvalue weighted by atomic mass is 10.1. The van der Waals surface area contributed by atoms with Crippen LogP contribution in [0.15, 0.2) is 35.4 Å². The Balaban J connectivity index is 2.05. The Bertz CT molecular complexity index is 718. The number of unbranched alkanes of at least 4 members (excludes halogenated alkanes) is 1. The van der Waals surface area contributed by atoms with Crippen molar-refractivity contribution in [1.82, 2.24) is 14.5 Å². The monoisotopic (exact) mass is 321 g/mol. The summed E-state index contributed by atoms with van der Waals surface area (Å²) in [5.41, 5.74) is 3.01. The molecule has 1 N–H and O–H groups in total. The molecular weight excluding hydrogens is 298 g/mol. The number of nitrogens with one attached hydrogen (secondary N) is 1. The lowest BCUT2D eigenvalue weighted by Crippen LogP contribution is -2.23. The zero-order valence-corrected chi connectivity index (χ0v) is 14.2. The average molecular weight is 321 g/mol. The lowest BCUT2D eigenvalue weighted by Gasteiger charge is -2.08. The summed E-state index contributed by atoms with van der Waals surface area (Å²) in [7, 11) is -1.65. The maximum Gasteiger partial charge on any atom is 0.240 e. The van der Waals surface area contributed by atoms with E-state index >= 15 is 0 Å². The Kier molecular flexibility index (Phi) is 5.37. The van der Waals surface area contributed by atoms with Crippen LogP contribution in [-0.2, 0) is 30.0 Å².